The van der Waals surface area contributed by atoms with E-state index in [0.717, 1.165) is 44.1 Å². The lowest BCUT2D eigenvalue weighted by Gasteiger charge is -2.20. The minimum Gasteiger partial charge on any atom is -0.382 e. The Morgan fingerprint density at radius 1 is 1.56 bits per heavy atom. The third-order valence-electron chi connectivity index (χ3n) is 3.38. The molecule has 4 nitrogen and oxygen atoms in total. The van der Waals surface area contributed by atoms with Crippen molar-refractivity contribution in [2.45, 2.75) is 32.7 Å². The molecule has 2 rings (SSSR count). The first-order valence-corrected chi connectivity index (χ1v) is 6.84. The van der Waals surface area contributed by atoms with Crippen LogP contribution in [0.3, 0.4) is 0 Å². The average molecular weight is 249 g/mol. The largest absolute Gasteiger partial charge is 0.382 e. The molecule has 1 aliphatic heterocycles. The van der Waals surface area contributed by atoms with Crippen molar-refractivity contribution in [2.75, 3.05) is 30.4 Å². The fourth-order valence-corrected chi connectivity index (χ4v) is 2.20. The SMILES string of the molecule is CCCNc1cc(NC(C)C2CCOC2)ccn1. The summed E-state index contributed by atoms with van der Waals surface area (Å²) in [5.74, 6) is 1.56. The summed E-state index contributed by atoms with van der Waals surface area (Å²) in [4.78, 5) is 4.31. The first-order chi connectivity index (χ1) is 8.79. The number of pyridine rings is 1. The predicted octanol–water partition coefficient (Wildman–Crippen LogP) is 2.74. The van der Waals surface area contributed by atoms with Gasteiger partial charge in [0.05, 0.1) is 6.61 Å². The van der Waals surface area contributed by atoms with Gasteiger partial charge in [-0.25, -0.2) is 4.98 Å². The zero-order valence-electron chi connectivity index (χ0n) is 11.3. The molecule has 1 fully saturated rings. The van der Waals surface area contributed by atoms with Crippen LogP contribution in [0.5, 0.6) is 0 Å². The Balaban J connectivity index is 1.91. The molecule has 0 aromatic carbocycles. The van der Waals surface area contributed by atoms with E-state index in [1.54, 1.807) is 0 Å². The molecule has 2 atom stereocenters. The van der Waals surface area contributed by atoms with Crippen molar-refractivity contribution in [1.29, 1.82) is 0 Å². The molecule has 2 unspecified atom stereocenters. The Hall–Kier alpha value is -1.29. The first-order valence-electron chi connectivity index (χ1n) is 6.84. The predicted molar refractivity (Wildman–Crippen MR) is 75.0 cm³/mol. The molecule has 0 amide bonds. The van der Waals surface area contributed by atoms with Gasteiger partial charge in [-0.15, -0.1) is 0 Å². The molecule has 1 aliphatic rings. The Morgan fingerprint density at radius 2 is 2.44 bits per heavy atom. The molecule has 2 N–H and O–H groups in total. The van der Waals surface area contributed by atoms with Gasteiger partial charge in [-0.1, -0.05) is 6.92 Å². The zero-order chi connectivity index (χ0) is 12.8. The standard InChI is InChI=1S/C14H23N3O/c1-3-6-15-14-9-13(4-7-16-14)17-11(2)12-5-8-18-10-12/h4,7,9,11-12H,3,5-6,8,10H2,1-2H3,(H2,15,16,17). The summed E-state index contributed by atoms with van der Waals surface area (Å²) in [5.41, 5.74) is 1.13. The molecule has 1 aromatic heterocycles. The molecule has 0 aliphatic carbocycles. The van der Waals surface area contributed by atoms with Gasteiger partial charge < -0.3 is 15.4 Å². The second-order valence-electron chi connectivity index (χ2n) is 4.91. The number of aromatic nitrogens is 1. The van der Waals surface area contributed by atoms with Crippen LogP contribution in [0.1, 0.15) is 26.7 Å². The first kappa shape index (κ1) is 13.1. The highest BCUT2D eigenvalue weighted by molar-refractivity contribution is 5.52. The van der Waals surface area contributed by atoms with Gasteiger partial charge in [-0.2, -0.15) is 0 Å². The van der Waals surface area contributed by atoms with Crippen molar-refractivity contribution < 1.29 is 4.74 Å². The quantitative estimate of drug-likeness (QED) is 0.814. The van der Waals surface area contributed by atoms with Gasteiger partial charge in [0.1, 0.15) is 5.82 Å². The fourth-order valence-electron chi connectivity index (χ4n) is 2.20. The molecule has 18 heavy (non-hydrogen) atoms. The van der Waals surface area contributed by atoms with E-state index in [4.69, 9.17) is 4.74 Å². The second kappa shape index (κ2) is 6.59. The van der Waals surface area contributed by atoms with E-state index in [0.29, 0.717) is 12.0 Å². The summed E-state index contributed by atoms with van der Waals surface area (Å²) in [5, 5.41) is 6.84. The summed E-state index contributed by atoms with van der Waals surface area (Å²) >= 11 is 0. The molecule has 4 heteroatoms. The van der Waals surface area contributed by atoms with E-state index < -0.39 is 0 Å². The van der Waals surface area contributed by atoms with Gasteiger partial charge in [0, 0.05) is 43.1 Å². The van der Waals surface area contributed by atoms with E-state index in [9.17, 15) is 0 Å². The smallest absolute Gasteiger partial charge is 0.127 e. The number of hydrogen-bond donors (Lipinski definition) is 2. The van der Waals surface area contributed by atoms with Crippen molar-refractivity contribution in [3.63, 3.8) is 0 Å². The summed E-state index contributed by atoms with van der Waals surface area (Å²) in [6.45, 7) is 7.11. The van der Waals surface area contributed by atoms with Crippen LogP contribution in [0.4, 0.5) is 11.5 Å². The van der Waals surface area contributed by atoms with Crippen LogP contribution in [-0.2, 0) is 4.74 Å². The van der Waals surface area contributed by atoms with Crippen LogP contribution in [0.2, 0.25) is 0 Å². The molecule has 0 spiro atoms. The van der Waals surface area contributed by atoms with Crippen molar-refractivity contribution in [2.24, 2.45) is 5.92 Å². The molecule has 0 bridgehead atoms. The van der Waals surface area contributed by atoms with Crippen molar-refractivity contribution >= 4 is 11.5 Å². The normalized spacial score (nSPS) is 20.7. The highest BCUT2D eigenvalue weighted by atomic mass is 16.5. The Bertz CT molecular complexity index is 364. The van der Waals surface area contributed by atoms with Crippen LogP contribution in [-0.4, -0.2) is 30.8 Å². The molecular weight excluding hydrogens is 226 g/mol. The molecule has 0 radical (unpaired) electrons. The van der Waals surface area contributed by atoms with Crippen molar-refractivity contribution in [3.05, 3.63) is 18.3 Å². The molecule has 2 heterocycles. The van der Waals surface area contributed by atoms with Gasteiger partial charge in [0.2, 0.25) is 0 Å². The zero-order valence-corrected chi connectivity index (χ0v) is 11.3. The molecule has 100 valence electrons. The monoisotopic (exact) mass is 249 g/mol. The van der Waals surface area contributed by atoms with Crippen molar-refractivity contribution in [3.8, 4) is 0 Å². The molecular formula is C14H23N3O. The van der Waals surface area contributed by atoms with E-state index in [-0.39, 0.29) is 0 Å². The minimum atomic E-state index is 0.439. The maximum Gasteiger partial charge on any atom is 0.127 e. The topological polar surface area (TPSA) is 46.2 Å². The Morgan fingerprint density at radius 3 is 3.17 bits per heavy atom. The minimum absolute atomic E-state index is 0.439. The van der Waals surface area contributed by atoms with Gasteiger partial charge in [-0.3, -0.25) is 0 Å². The van der Waals surface area contributed by atoms with Crippen LogP contribution < -0.4 is 10.6 Å². The number of rotatable bonds is 6. The second-order valence-corrected chi connectivity index (χ2v) is 4.91. The number of ether oxygens (including phenoxy) is 1. The molecule has 0 saturated carbocycles. The van der Waals surface area contributed by atoms with E-state index in [1.807, 2.05) is 12.3 Å². The van der Waals surface area contributed by atoms with E-state index in [2.05, 4.69) is 35.5 Å². The number of nitrogens with zero attached hydrogens (tertiary/aromatic N) is 1. The third kappa shape index (κ3) is 3.60. The highest BCUT2D eigenvalue weighted by Gasteiger charge is 2.22. The Labute approximate surface area is 109 Å². The Kier molecular flexibility index (Phi) is 4.81. The van der Waals surface area contributed by atoms with Gasteiger partial charge in [0.25, 0.3) is 0 Å². The highest BCUT2D eigenvalue weighted by Crippen LogP contribution is 2.21. The van der Waals surface area contributed by atoms with Crippen LogP contribution in [0.25, 0.3) is 0 Å². The van der Waals surface area contributed by atoms with E-state index in [1.165, 1.54) is 0 Å². The van der Waals surface area contributed by atoms with Gasteiger partial charge in [0.15, 0.2) is 0 Å². The van der Waals surface area contributed by atoms with Gasteiger partial charge >= 0.3 is 0 Å². The summed E-state index contributed by atoms with van der Waals surface area (Å²) in [6.07, 6.45) is 4.10. The number of hydrogen-bond acceptors (Lipinski definition) is 4. The van der Waals surface area contributed by atoms with Crippen LogP contribution in [0.15, 0.2) is 18.3 Å². The van der Waals surface area contributed by atoms with Crippen LogP contribution in [0, 0.1) is 5.92 Å². The average Bonchev–Trinajstić information content (AvgIpc) is 2.91. The molecule has 1 saturated heterocycles. The third-order valence-corrected chi connectivity index (χ3v) is 3.38. The van der Waals surface area contributed by atoms with Crippen molar-refractivity contribution in [1.82, 2.24) is 4.98 Å². The summed E-state index contributed by atoms with van der Waals surface area (Å²) in [7, 11) is 0. The maximum atomic E-state index is 5.43. The lowest BCUT2D eigenvalue weighted by Crippen LogP contribution is -2.26. The van der Waals surface area contributed by atoms with Gasteiger partial charge in [-0.05, 0) is 25.8 Å². The fraction of sp³-hybridized carbons (Fsp3) is 0.643. The summed E-state index contributed by atoms with van der Waals surface area (Å²) < 4.78 is 5.43. The molecule has 1 aromatic rings. The lowest BCUT2D eigenvalue weighted by molar-refractivity contribution is 0.183. The van der Waals surface area contributed by atoms with E-state index >= 15 is 0 Å². The number of nitrogens with one attached hydrogen (secondary N) is 2. The van der Waals surface area contributed by atoms with Crippen LogP contribution >= 0.6 is 0 Å². The number of anilines is 2. The lowest BCUT2D eigenvalue weighted by atomic mass is 10.0. The maximum absolute atomic E-state index is 5.43. The summed E-state index contributed by atoms with van der Waals surface area (Å²) in [6, 6.07) is 4.53.